The van der Waals surface area contributed by atoms with Gasteiger partial charge in [0.2, 0.25) is 5.91 Å². The highest BCUT2D eigenvalue weighted by Gasteiger charge is 2.40. The summed E-state index contributed by atoms with van der Waals surface area (Å²) in [6.45, 7) is 4.63. The number of fused-ring (bicyclic) bond motifs is 1. The number of halogens is 1. The van der Waals surface area contributed by atoms with Gasteiger partial charge in [-0.25, -0.2) is 14.1 Å². The molecule has 4 heterocycles. The molecule has 0 saturated carbocycles. The van der Waals surface area contributed by atoms with Crippen LogP contribution in [0.1, 0.15) is 18.5 Å². The summed E-state index contributed by atoms with van der Waals surface area (Å²) in [5.41, 5.74) is 2.89. The van der Waals surface area contributed by atoms with E-state index in [1.54, 1.807) is 29.7 Å². The molecule has 2 atom stereocenters. The van der Waals surface area contributed by atoms with E-state index < -0.39 is 0 Å². The monoisotopic (exact) mass is 423 g/mol. The van der Waals surface area contributed by atoms with E-state index in [2.05, 4.69) is 26.4 Å². The van der Waals surface area contributed by atoms with Gasteiger partial charge in [0.1, 0.15) is 11.7 Å². The first kappa shape index (κ1) is 19.0. The molecule has 2 aliphatic rings. The fourth-order valence-corrected chi connectivity index (χ4v) is 5.04. The van der Waals surface area contributed by atoms with Crippen LogP contribution in [0.4, 0.5) is 15.9 Å². The first-order valence-corrected chi connectivity index (χ1v) is 11.0. The molecule has 6 nitrogen and oxygen atoms in total. The lowest BCUT2D eigenvalue weighted by atomic mass is 9.88. The Balaban J connectivity index is 1.37. The minimum Gasteiger partial charge on any atom is -0.368 e. The zero-order chi connectivity index (χ0) is 20.7. The summed E-state index contributed by atoms with van der Waals surface area (Å²) in [6.07, 6.45) is 1.74. The van der Waals surface area contributed by atoms with Crippen molar-refractivity contribution < 1.29 is 9.18 Å². The van der Waals surface area contributed by atoms with Crippen molar-refractivity contribution in [2.45, 2.75) is 13.0 Å². The predicted octanol–water partition coefficient (Wildman–Crippen LogP) is 3.74. The van der Waals surface area contributed by atoms with Gasteiger partial charge in [0, 0.05) is 43.6 Å². The summed E-state index contributed by atoms with van der Waals surface area (Å²) in [5, 5.41) is 8.58. The van der Waals surface area contributed by atoms with E-state index in [9.17, 15) is 9.18 Å². The first-order valence-electron chi connectivity index (χ1n) is 10.0. The molecule has 30 heavy (non-hydrogen) atoms. The summed E-state index contributed by atoms with van der Waals surface area (Å²) in [5.74, 6) is 0.266. The summed E-state index contributed by atoms with van der Waals surface area (Å²) in [7, 11) is 0. The molecule has 0 aliphatic carbocycles. The minimum absolute atomic E-state index is 0.0901. The maximum absolute atomic E-state index is 13.6. The van der Waals surface area contributed by atoms with Gasteiger partial charge in [-0.2, -0.15) is 16.4 Å². The van der Waals surface area contributed by atoms with Gasteiger partial charge in [-0.05, 0) is 53.6 Å². The molecule has 0 radical (unpaired) electrons. The van der Waals surface area contributed by atoms with Gasteiger partial charge in [-0.1, -0.05) is 0 Å². The Morgan fingerprint density at radius 1 is 1.10 bits per heavy atom. The number of thiophene rings is 1. The average molecular weight is 424 g/mol. The number of aromatic nitrogens is 2. The number of benzene rings is 1. The van der Waals surface area contributed by atoms with Gasteiger partial charge >= 0.3 is 0 Å². The van der Waals surface area contributed by atoms with Gasteiger partial charge in [0.05, 0.1) is 12.2 Å². The zero-order valence-electron chi connectivity index (χ0n) is 16.6. The number of rotatable bonds is 3. The van der Waals surface area contributed by atoms with Crippen molar-refractivity contribution in [3.8, 4) is 0 Å². The van der Waals surface area contributed by atoms with E-state index in [0.29, 0.717) is 13.1 Å². The second-order valence-electron chi connectivity index (χ2n) is 7.66. The first-order chi connectivity index (χ1) is 14.6. The van der Waals surface area contributed by atoms with Gasteiger partial charge in [-0.3, -0.25) is 4.79 Å². The van der Waals surface area contributed by atoms with E-state index in [1.807, 2.05) is 28.0 Å². The maximum Gasteiger partial charge on any atom is 0.234 e. The topological polar surface area (TPSA) is 53.7 Å². The molecule has 2 unspecified atom stereocenters. The Morgan fingerprint density at radius 3 is 2.57 bits per heavy atom. The highest BCUT2D eigenvalue weighted by Crippen LogP contribution is 2.37. The van der Waals surface area contributed by atoms with Crippen LogP contribution in [0.25, 0.3) is 0 Å². The van der Waals surface area contributed by atoms with Gasteiger partial charge in [0.15, 0.2) is 5.82 Å². The van der Waals surface area contributed by atoms with Crippen molar-refractivity contribution in [1.29, 1.82) is 0 Å². The Morgan fingerprint density at radius 2 is 1.87 bits per heavy atom. The van der Waals surface area contributed by atoms with E-state index in [4.69, 9.17) is 0 Å². The molecule has 154 valence electrons. The fourth-order valence-electron chi connectivity index (χ4n) is 4.35. The Hall–Kier alpha value is -3.00. The Bertz CT molecular complexity index is 1070. The summed E-state index contributed by atoms with van der Waals surface area (Å²) in [6, 6.07) is 10.3. The van der Waals surface area contributed by atoms with Crippen LogP contribution in [0.3, 0.4) is 0 Å². The molecule has 0 spiro atoms. The molecule has 5 rings (SSSR count). The second-order valence-corrected chi connectivity index (χ2v) is 8.44. The SMILES string of the molecule is CC1=Nc2ccnn2C(c2ccsc2)C1C(=O)N1CCN(c2ccc(F)cc2)CC1. The van der Waals surface area contributed by atoms with Crippen LogP contribution < -0.4 is 4.90 Å². The van der Waals surface area contributed by atoms with Crippen LogP contribution in [0.2, 0.25) is 0 Å². The number of amides is 1. The van der Waals surface area contributed by atoms with Crippen LogP contribution in [-0.2, 0) is 4.79 Å². The molecule has 1 amide bonds. The third-order valence-electron chi connectivity index (χ3n) is 5.90. The highest BCUT2D eigenvalue weighted by molar-refractivity contribution is 7.08. The van der Waals surface area contributed by atoms with E-state index in [0.717, 1.165) is 35.9 Å². The third kappa shape index (κ3) is 3.31. The minimum atomic E-state index is -0.371. The van der Waals surface area contributed by atoms with Crippen molar-refractivity contribution in [3.05, 3.63) is 64.7 Å². The number of carbonyl (C=O) groups is 1. The molecular weight excluding hydrogens is 401 g/mol. The number of carbonyl (C=O) groups excluding carboxylic acids is 1. The normalized spacial score (nSPS) is 21.3. The fraction of sp³-hybridized carbons (Fsp3) is 0.318. The largest absolute Gasteiger partial charge is 0.368 e. The lowest BCUT2D eigenvalue weighted by Gasteiger charge is -2.39. The number of anilines is 1. The van der Waals surface area contributed by atoms with Crippen molar-refractivity contribution in [2.75, 3.05) is 31.1 Å². The lowest BCUT2D eigenvalue weighted by molar-refractivity contribution is -0.134. The standard InChI is InChI=1S/C22H22FN5OS/c1-15-20(21(16-7-13-30-14-16)28-19(25-15)6-8-24-28)22(29)27-11-9-26(10-12-27)18-4-2-17(23)3-5-18/h2-8,13-14,20-21H,9-12H2,1H3. The maximum atomic E-state index is 13.6. The third-order valence-corrected chi connectivity index (χ3v) is 6.60. The van der Waals surface area contributed by atoms with Gasteiger partial charge in [0.25, 0.3) is 0 Å². The zero-order valence-corrected chi connectivity index (χ0v) is 17.4. The molecule has 3 aromatic rings. The van der Waals surface area contributed by atoms with Crippen LogP contribution in [0.15, 0.2) is 58.3 Å². The quantitative estimate of drug-likeness (QED) is 0.645. The molecule has 1 fully saturated rings. The summed E-state index contributed by atoms with van der Waals surface area (Å²) in [4.78, 5) is 22.4. The molecule has 0 bridgehead atoms. The van der Waals surface area contributed by atoms with Crippen molar-refractivity contribution in [1.82, 2.24) is 14.7 Å². The van der Waals surface area contributed by atoms with Crippen molar-refractivity contribution in [2.24, 2.45) is 10.9 Å². The number of hydrogen-bond donors (Lipinski definition) is 0. The van der Waals surface area contributed by atoms with Crippen LogP contribution in [-0.4, -0.2) is 52.5 Å². The van der Waals surface area contributed by atoms with E-state index >= 15 is 0 Å². The number of hydrogen-bond acceptors (Lipinski definition) is 5. The molecule has 8 heteroatoms. The van der Waals surface area contributed by atoms with E-state index in [-0.39, 0.29) is 23.7 Å². The molecule has 0 N–H and O–H groups in total. The Labute approximate surface area is 178 Å². The smallest absolute Gasteiger partial charge is 0.234 e. The molecule has 1 saturated heterocycles. The van der Waals surface area contributed by atoms with Gasteiger partial charge in [-0.15, -0.1) is 0 Å². The van der Waals surface area contributed by atoms with Crippen molar-refractivity contribution in [3.63, 3.8) is 0 Å². The molecule has 2 aromatic heterocycles. The van der Waals surface area contributed by atoms with Crippen LogP contribution in [0.5, 0.6) is 0 Å². The van der Waals surface area contributed by atoms with Gasteiger partial charge < -0.3 is 9.80 Å². The summed E-state index contributed by atoms with van der Waals surface area (Å²) < 4.78 is 15.1. The number of nitrogens with zero attached hydrogens (tertiary/aromatic N) is 5. The molecular formula is C22H22FN5OS. The second kappa shape index (κ2) is 7.68. The van der Waals surface area contributed by atoms with E-state index in [1.165, 1.54) is 12.1 Å². The van der Waals surface area contributed by atoms with Crippen LogP contribution in [0, 0.1) is 11.7 Å². The average Bonchev–Trinajstić information content (AvgIpc) is 3.45. The van der Waals surface area contributed by atoms with Crippen molar-refractivity contribution >= 4 is 34.5 Å². The molecule has 2 aliphatic heterocycles. The highest BCUT2D eigenvalue weighted by atomic mass is 32.1. The summed E-state index contributed by atoms with van der Waals surface area (Å²) >= 11 is 1.62. The Kier molecular flexibility index (Phi) is 4.86. The number of piperazine rings is 1. The molecule has 1 aromatic carbocycles. The lowest BCUT2D eigenvalue weighted by Crippen LogP contribution is -2.53. The van der Waals surface area contributed by atoms with Crippen LogP contribution >= 0.6 is 11.3 Å². The number of aliphatic imine (C=N–C) groups is 1. The predicted molar refractivity (Wildman–Crippen MR) is 116 cm³/mol.